The number of Topliss-reactive ketones (excluding diaryl/α,β-unsaturated/α-hetero) is 1. The number of esters is 1. The Bertz CT molecular complexity index is 704. The summed E-state index contributed by atoms with van der Waals surface area (Å²) in [5.41, 5.74) is 2.36. The number of carbonyl (C=O) groups is 3. The fraction of sp³-hybridized carbons (Fsp3) is 0.591. The number of unbranched alkanes of at least 4 members (excludes halogenated alkanes) is 2. The summed E-state index contributed by atoms with van der Waals surface area (Å²) in [6, 6.07) is 5.50. The number of anilines is 1. The van der Waals surface area contributed by atoms with Gasteiger partial charge in [-0.2, -0.15) is 0 Å². The molecule has 0 aliphatic carbocycles. The zero-order valence-electron chi connectivity index (χ0n) is 16.8. The van der Waals surface area contributed by atoms with E-state index in [9.17, 15) is 14.4 Å². The van der Waals surface area contributed by atoms with Gasteiger partial charge in [0, 0.05) is 30.0 Å². The van der Waals surface area contributed by atoms with Crippen molar-refractivity contribution in [1.29, 1.82) is 0 Å². The van der Waals surface area contributed by atoms with Gasteiger partial charge in [0.05, 0.1) is 6.61 Å². The van der Waals surface area contributed by atoms with Gasteiger partial charge < -0.3 is 9.64 Å². The number of fused-ring (bicyclic) bond motifs is 1. The predicted octanol–water partition coefficient (Wildman–Crippen LogP) is 4.69. The number of nitrogens with zero attached hydrogens (tertiary/aromatic N) is 1. The molecule has 1 amide bonds. The lowest BCUT2D eigenvalue weighted by Crippen LogP contribution is -2.30. The van der Waals surface area contributed by atoms with Crippen LogP contribution in [0.15, 0.2) is 18.2 Å². The van der Waals surface area contributed by atoms with Crippen LogP contribution in [0.4, 0.5) is 5.69 Å². The van der Waals surface area contributed by atoms with Gasteiger partial charge in [-0.25, -0.2) is 0 Å². The maximum absolute atomic E-state index is 13.2. The molecule has 1 aliphatic heterocycles. The van der Waals surface area contributed by atoms with Crippen molar-refractivity contribution in [2.75, 3.05) is 23.4 Å². The molecule has 1 unspecified atom stereocenters. The number of aryl methyl sites for hydroxylation is 1. The highest BCUT2D eigenvalue weighted by atomic mass is 79.9. The monoisotopic (exact) mass is 451 g/mol. The molecule has 0 aromatic heterocycles. The van der Waals surface area contributed by atoms with Crippen LogP contribution in [0, 0.1) is 5.92 Å². The molecule has 28 heavy (non-hydrogen) atoms. The molecule has 6 heteroatoms. The standard InChI is InChI=1S/C22H30BrNO4/c1-3-28-22(27)19(10-5-4-7-13-23)21(26)18-12-11-17-9-6-8-14-24(16(2)25)20(17)15-18/h11-12,15,19H,3-10,13-14H2,1-2H3. The average Bonchev–Trinajstić information content (AvgIpc) is 2.89. The van der Waals surface area contributed by atoms with Crippen LogP contribution in [0.2, 0.25) is 0 Å². The molecule has 0 N–H and O–H groups in total. The lowest BCUT2D eigenvalue weighted by Gasteiger charge is -2.22. The van der Waals surface area contributed by atoms with Crippen molar-refractivity contribution >= 4 is 39.3 Å². The fourth-order valence-corrected chi connectivity index (χ4v) is 4.03. The van der Waals surface area contributed by atoms with Crippen LogP contribution in [0.25, 0.3) is 0 Å². The number of halogens is 1. The number of benzene rings is 1. The van der Waals surface area contributed by atoms with E-state index < -0.39 is 11.9 Å². The Morgan fingerprint density at radius 2 is 1.96 bits per heavy atom. The minimum atomic E-state index is -0.787. The van der Waals surface area contributed by atoms with Gasteiger partial charge in [-0.15, -0.1) is 0 Å². The van der Waals surface area contributed by atoms with Gasteiger partial charge in [0.2, 0.25) is 5.91 Å². The van der Waals surface area contributed by atoms with Crippen molar-refractivity contribution < 1.29 is 19.1 Å². The van der Waals surface area contributed by atoms with Crippen LogP contribution in [-0.2, 0) is 20.7 Å². The average molecular weight is 452 g/mol. The predicted molar refractivity (Wildman–Crippen MR) is 114 cm³/mol. The summed E-state index contributed by atoms with van der Waals surface area (Å²) >= 11 is 3.40. The molecular weight excluding hydrogens is 422 g/mol. The molecule has 1 aromatic carbocycles. The first kappa shape index (κ1) is 22.6. The van der Waals surface area contributed by atoms with Crippen molar-refractivity contribution in [1.82, 2.24) is 0 Å². The maximum Gasteiger partial charge on any atom is 0.316 e. The van der Waals surface area contributed by atoms with E-state index in [1.165, 1.54) is 0 Å². The number of amides is 1. The Balaban J connectivity index is 2.28. The van der Waals surface area contributed by atoms with Crippen molar-refractivity contribution in [2.45, 2.75) is 58.8 Å². The minimum absolute atomic E-state index is 0.0236. The fourth-order valence-electron chi connectivity index (χ4n) is 3.63. The molecule has 0 fully saturated rings. The van der Waals surface area contributed by atoms with Gasteiger partial charge in [0.1, 0.15) is 5.92 Å². The molecule has 0 spiro atoms. The van der Waals surface area contributed by atoms with Crippen LogP contribution in [-0.4, -0.2) is 36.1 Å². The molecule has 0 radical (unpaired) electrons. The van der Waals surface area contributed by atoms with Gasteiger partial charge >= 0.3 is 5.97 Å². The highest BCUT2D eigenvalue weighted by Gasteiger charge is 2.29. The van der Waals surface area contributed by atoms with Crippen molar-refractivity contribution in [2.24, 2.45) is 5.92 Å². The van der Waals surface area contributed by atoms with Crippen molar-refractivity contribution in [3.05, 3.63) is 29.3 Å². The third-order valence-corrected chi connectivity index (χ3v) is 5.69. The number of ether oxygens (including phenoxy) is 1. The van der Waals surface area contributed by atoms with Crippen molar-refractivity contribution in [3.8, 4) is 0 Å². The minimum Gasteiger partial charge on any atom is -0.465 e. The second-order valence-corrected chi connectivity index (χ2v) is 7.97. The van der Waals surface area contributed by atoms with E-state index in [1.807, 2.05) is 6.07 Å². The molecule has 1 heterocycles. The SMILES string of the molecule is CCOC(=O)C(CCCCCBr)C(=O)c1ccc2c(c1)N(C(C)=O)CCCC2. The number of alkyl halides is 1. The van der Waals surface area contributed by atoms with E-state index in [-0.39, 0.29) is 18.3 Å². The summed E-state index contributed by atoms with van der Waals surface area (Å²) in [6.07, 6.45) is 6.09. The highest BCUT2D eigenvalue weighted by Crippen LogP contribution is 2.29. The molecule has 0 saturated carbocycles. The number of ketones is 1. The molecule has 154 valence electrons. The van der Waals surface area contributed by atoms with Crippen LogP contribution in [0.1, 0.15) is 68.3 Å². The first-order valence-electron chi connectivity index (χ1n) is 10.2. The molecule has 5 nitrogen and oxygen atoms in total. The van der Waals surface area contributed by atoms with E-state index in [2.05, 4.69) is 15.9 Å². The Morgan fingerprint density at radius 1 is 1.18 bits per heavy atom. The van der Waals surface area contributed by atoms with Crippen molar-refractivity contribution in [3.63, 3.8) is 0 Å². The maximum atomic E-state index is 13.2. The first-order valence-corrected chi connectivity index (χ1v) is 11.3. The lowest BCUT2D eigenvalue weighted by atomic mass is 9.91. The third-order valence-electron chi connectivity index (χ3n) is 5.13. The summed E-state index contributed by atoms with van der Waals surface area (Å²) < 4.78 is 5.16. The van der Waals surface area contributed by atoms with Gasteiger partial charge in [-0.3, -0.25) is 14.4 Å². The molecule has 1 aromatic rings. The number of hydrogen-bond donors (Lipinski definition) is 0. The lowest BCUT2D eigenvalue weighted by molar-refractivity contribution is -0.146. The van der Waals surface area contributed by atoms with E-state index in [0.29, 0.717) is 18.5 Å². The summed E-state index contributed by atoms with van der Waals surface area (Å²) in [5, 5.41) is 0.913. The Hall–Kier alpha value is -1.69. The summed E-state index contributed by atoms with van der Waals surface area (Å²) in [6.45, 7) is 4.21. The van der Waals surface area contributed by atoms with Crippen LogP contribution >= 0.6 is 15.9 Å². The first-order chi connectivity index (χ1) is 13.5. The van der Waals surface area contributed by atoms with Crippen LogP contribution in [0.5, 0.6) is 0 Å². The molecule has 0 bridgehead atoms. The van der Waals surface area contributed by atoms with E-state index in [1.54, 1.807) is 30.9 Å². The molecule has 1 atom stereocenters. The topological polar surface area (TPSA) is 63.7 Å². The van der Waals surface area contributed by atoms with E-state index in [4.69, 9.17) is 4.74 Å². The van der Waals surface area contributed by atoms with E-state index in [0.717, 1.165) is 55.1 Å². The largest absolute Gasteiger partial charge is 0.465 e. The van der Waals surface area contributed by atoms with Crippen LogP contribution in [0.3, 0.4) is 0 Å². The third kappa shape index (κ3) is 5.90. The van der Waals surface area contributed by atoms with Gasteiger partial charge in [-0.1, -0.05) is 40.9 Å². The van der Waals surface area contributed by atoms with Gasteiger partial charge in [-0.05, 0) is 50.7 Å². The van der Waals surface area contributed by atoms with E-state index >= 15 is 0 Å². The smallest absolute Gasteiger partial charge is 0.316 e. The summed E-state index contributed by atoms with van der Waals surface area (Å²) in [5.74, 6) is -1.48. The normalized spacial score (nSPS) is 14.8. The highest BCUT2D eigenvalue weighted by molar-refractivity contribution is 9.09. The zero-order valence-corrected chi connectivity index (χ0v) is 18.4. The molecule has 2 rings (SSSR count). The summed E-state index contributed by atoms with van der Waals surface area (Å²) in [7, 11) is 0. The number of carbonyl (C=O) groups excluding carboxylic acids is 3. The molecule has 1 aliphatic rings. The Morgan fingerprint density at radius 3 is 2.64 bits per heavy atom. The Labute approximate surface area is 175 Å². The van der Waals surface area contributed by atoms with Gasteiger partial charge in [0.15, 0.2) is 5.78 Å². The number of rotatable bonds is 9. The summed E-state index contributed by atoms with van der Waals surface area (Å²) in [4.78, 5) is 39.4. The molecule has 0 saturated heterocycles. The van der Waals surface area contributed by atoms with Crippen LogP contribution < -0.4 is 4.90 Å². The zero-order chi connectivity index (χ0) is 20.5. The second-order valence-electron chi connectivity index (χ2n) is 7.18. The molecular formula is C22H30BrNO4. The second kappa shape index (κ2) is 11.3. The quantitative estimate of drug-likeness (QED) is 0.179. The Kier molecular flexibility index (Phi) is 9.16. The van der Waals surface area contributed by atoms with Gasteiger partial charge in [0.25, 0.3) is 0 Å². The number of hydrogen-bond acceptors (Lipinski definition) is 4.